The molecule has 1 fully saturated rings. The van der Waals surface area contributed by atoms with E-state index in [1.807, 2.05) is 25.1 Å². The number of halogens is 1. The van der Waals surface area contributed by atoms with Crippen LogP contribution in [0, 0.1) is 5.82 Å². The fourth-order valence-corrected chi connectivity index (χ4v) is 2.88. The van der Waals surface area contributed by atoms with Crippen molar-refractivity contribution < 1.29 is 9.18 Å². The summed E-state index contributed by atoms with van der Waals surface area (Å²) in [6.45, 7) is 3.45. The Hall–Kier alpha value is -2.20. The van der Waals surface area contributed by atoms with Gasteiger partial charge in [-0.05, 0) is 42.6 Å². The number of likely N-dealkylation sites (N-methyl/N-ethyl adjacent to an activating group) is 1. The van der Waals surface area contributed by atoms with E-state index in [9.17, 15) is 9.18 Å². The quantitative estimate of drug-likeness (QED) is 0.842. The normalized spacial score (nSPS) is 15.3. The highest BCUT2D eigenvalue weighted by Crippen LogP contribution is 2.26. The van der Waals surface area contributed by atoms with E-state index in [1.54, 1.807) is 12.1 Å². The number of carbonyl (C=O) groups is 1. The van der Waals surface area contributed by atoms with Crippen molar-refractivity contribution in [2.45, 2.75) is 38.4 Å². The van der Waals surface area contributed by atoms with Crippen LogP contribution in [0.15, 0.2) is 54.6 Å². The maximum atomic E-state index is 13.3. The van der Waals surface area contributed by atoms with Crippen molar-refractivity contribution in [3.05, 3.63) is 71.5 Å². The van der Waals surface area contributed by atoms with E-state index >= 15 is 0 Å². The number of amides is 1. The van der Waals surface area contributed by atoms with Crippen molar-refractivity contribution in [2.75, 3.05) is 6.54 Å². The molecule has 1 atom stereocenters. The predicted octanol–water partition coefficient (Wildman–Crippen LogP) is 3.67. The Balaban J connectivity index is 1.85. The first kappa shape index (κ1) is 16.7. The first-order valence-corrected chi connectivity index (χ1v) is 8.51. The largest absolute Gasteiger partial charge is 0.352 e. The van der Waals surface area contributed by atoms with Crippen LogP contribution in [0.4, 0.5) is 4.39 Å². The van der Waals surface area contributed by atoms with Crippen molar-refractivity contribution in [1.29, 1.82) is 0 Å². The number of nitrogens with one attached hydrogen (secondary N) is 1. The number of rotatable bonds is 7. The Morgan fingerprint density at radius 1 is 1.17 bits per heavy atom. The number of hydrogen-bond donors (Lipinski definition) is 1. The molecule has 1 unspecified atom stereocenters. The van der Waals surface area contributed by atoms with Gasteiger partial charge in [0.25, 0.3) is 0 Å². The van der Waals surface area contributed by atoms with Crippen LogP contribution in [-0.2, 0) is 11.3 Å². The van der Waals surface area contributed by atoms with E-state index in [0.717, 1.165) is 30.5 Å². The fraction of sp³-hybridized carbons (Fsp3) is 0.350. The summed E-state index contributed by atoms with van der Waals surface area (Å²) in [5, 5.41) is 3.09. The molecule has 1 aliphatic rings. The average molecular weight is 326 g/mol. The van der Waals surface area contributed by atoms with Gasteiger partial charge in [0.1, 0.15) is 11.9 Å². The average Bonchev–Trinajstić information content (AvgIpc) is 3.40. The molecular formula is C20H23FN2O. The van der Waals surface area contributed by atoms with Crippen molar-refractivity contribution in [3.8, 4) is 0 Å². The molecule has 1 amide bonds. The summed E-state index contributed by atoms with van der Waals surface area (Å²) >= 11 is 0. The molecule has 3 nitrogen and oxygen atoms in total. The lowest BCUT2D eigenvalue weighted by Gasteiger charge is -2.30. The summed E-state index contributed by atoms with van der Waals surface area (Å²) in [6, 6.07) is 16.3. The van der Waals surface area contributed by atoms with Gasteiger partial charge in [0, 0.05) is 12.6 Å². The smallest absolute Gasteiger partial charge is 0.242 e. The molecule has 0 saturated heterocycles. The highest BCUT2D eigenvalue weighted by molar-refractivity contribution is 5.83. The third-order valence-electron chi connectivity index (χ3n) is 4.36. The van der Waals surface area contributed by atoms with Gasteiger partial charge in [0.15, 0.2) is 0 Å². The lowest BCUT2D eigenvalue weighted by molar-refractivity contribution is -0.127. The fourth-order valence-electron chi connectivity index (χ4n) is 2.88. The first-order valence-electron chi connectivity index (χ1n) is 8.51. The summed E-state index contributed by atoms with van der Waals surface area (Å²) in [5.74, 6) is -0.284. The summed E-state index contributed by atoms with van der Waals surface area (Å²) in [6.07, 6.45) is 2.10. The molecule has 0 bridgehead atoms. The SMILES string of the molecule is CCN(Cc1ccccc1)C(C(=O)NC1CC1)c1ccc(F)cc1. The third kappa shape index (κ3) is 4.20. The minimum absolute atomic E-state index is 0.00175. The Morgan fingerprint density at radius 3 is 2.42 bits per heavy atom. The standard InChI is InChI=1S/C20H23FN2O/c1-2-23(14-15-6-4-3-5-7-15)19(20(24)22-18-12-13-18)16-8-10-17(21)11-9-16/h3-11,18-19H,2,12-14H2,1H3,(H,22,24). The van der Waals surface area contributed by atoms with Gasteiger partial charge in [-0.2, -0.15) is 0 Å². The zero-order valence-electron chi connectivity index (χ0n) is 13.9. The number of hydrogen-bond acceptors (Lipinski definition) is 2. The van der Waals surface area contributed by atoms with Gasteiger partial charge in [-0.25, -0.2) is 4.39 Å². The molecule has 3 rings (SSSR count). The molecule has 2 aromatic carbocycles. The van der Waals surface area contributed by atoms with Crippen molar-refractivity contribution in [2.24, 2.45) is 0 Å². The van der Waals surface area contributed by atoms with Gasteiger partial charge in [-0.1, -0.05) is 49.4 Å². The second kappa shape index (κ2) is 7.58. The molecule has 0 radical (unpaired) electrons. The molecule has 126 valence electrons. The lowest BCUT2D eigenvalue weighted by Crippen LogP contribution is -2.41. The Morgan fingerprint density at radius 2 is 1.83 bits per heavy atom. The van der Waals surface area contributed by atoms with E-state index in [2.05, 4.69) is 22.3 Å². The second-order valence-corrected chi connectivity index (χ2v) is 6.29. The highest BCUT2D eigenvalue weighted by atomic mass is 19.1. The summed E-state index contributed by atoms with van der Waals surface area (Å²) in [4.78, 5) is 14.9. The van der Waals surface area contributed by atoms with Gasteiger partial charge in [-0.15, -0.1) is 0 Å². The maximum absolute atomic E-state index is 13.3. The van der Waals surface area contributed by atoms with Crippen molar-refractivity contribution in [1.82, 2.24) is 10.2 Å². The van der Waals surface area contributed by atoms with Crippen LogP contribution < -0.4 is 5.32 Å². The van der Waals surface area contributed by atoms with Crippen LogP contribution >= 0.6 is 0 Å². The zero-order valence-corrected chi connectivity index (χ0v) is 13.9. The maximum Gasteiger partial charge on any atom is 0.242 e. The summed E-state index contributed by atoms with van der Waals surface area (Å²) in [7, 11) is 0. The molecule has 1 N–H and O–H groups in total. The highest BCUT2D eigenvalue weighted by Gasteiger charge is 2.31. The molecule has 0 spiro atoms. The number of benzene rings is 2. The lowest BCUT2D eigenvalue weighted by atomic mass is 10.0. The van der Waals surface area contributed by atoms with Gasteiger partial charge >= 0.3 is 0 Å². The molecule has 4 heteroatoms. The van der Waals surface area contributed by atoms with E-state index in [-0.39, 0.29) is 11.7 Å². The third-order valence-corrected chi connectivity index (χ3v) is 4.36. The summed E-state index contributed by atoms with van der Waals surface area (Å²) < 4.78 is 13.3. The molecule has 2 aromatic rings. The van der Waals surface area contributed by atoms with E-state index in [4.69, 9.17) is 0 Å². The first-order chi connectivity index (χ1) is 11.7. The molecule has 1 saturated carbocycles. The van der Waals surface area contributed by atoms with Gasteiger partial charge < -0.3 is 5.32 Å². The van der Waals surface area contributed by atoms with Crippen molar-refractivity contribution in [3.63, 3.8) is 0 Å². The van der Waals surface area contributed by atoms with Gasteiger partial charge in [0.2, 0.25) is 5.91 Å². The second-order valence-electron chi connectivity index (χ2n) is 6.29. The van der Waals surface area contributed by atoms with Crippen molar-refractivity contribution >= 4 is 5.91 Å². The van der Waals surface area contributed by atoms with E-state index in [1.165, 1.54) is 12.1 Å². The molecule has 0 aromatic heterocycles. The van der Waals surface area contributed by atoms with Crippen LogP contribution in [0.5, 0.6) is 0 Å². The predicted molar refractivity (Wildman–Crippen MR) is 92.8 cm³/mol. The molecular weight excluding hydrogens is 303 g/mol. The monoisotopic (exact) mass is 326 g/mol. The van der Waals surface area contributed by atoms with E-state index in [0.29, 0.717) is 12.6 Å². The minimum Gasteiger partial charge on any atom is -0.352 e. The number of nitrogens with zero attached hydrogens (tertiary/aromatic N) is 1. The van der Waals surface area contributed by atoms with Crippen LogP contribution in [0.3, 0.4) is 0 Å². The van der Waals surface area contributed by atoms with Crippen LogP contribution in [0.25, 0.3) is 0 Å². The zero-order chi connectivity index (χ0) is 16.9. The van der Waals surface area contributed by atoms with Crippen LogP contribution in [0.2, 0.25) is 0 Å². The Labute approximate surface area is 142 Å². The van der Waals surface area contributed by atoms with Gasteiger partial charge in [0.05, 0.1) is 0 Å². The molecule has 0 aliphatic heterocycles. The minimum atomic E-state index is -0.406. The van der Waals surface area contributed by atoms with Crippen LogP contribution in [-0.4, -0.2) is 23.4 Å². The molecule has 1 aliphatic carbocycles. The van der Waals surface area contributed by atoms with Gasteiger partial charge in [-0.3, -0.25) is 9.69 Å². The number of carbonyl (C=O) groups excluding carboxylic acids is 1. The van der Waals surface area contributed by atoms with Crippen LogP contribution in [0.1, 0.15) is 36.9 Å². The Bertz CT molecular complexity index is 668. The topological polar surface area (TPSA) is 32.3 Å². The summed E-state index contributed by atoms with van der Waals surface area (Å²) in [5.41, 5.74) is 1.98. The molecule has 24 heavy (non-hydrogen) atoms. The molecule has 0 heterocycles. The Kier molecular flexibility index (Phi) is 5.26. The van der Waals surface area contributed by atoms with E-state index < -0.39 is 6.04 Å².